The van der Waals surface area contributed by atoms with Crippen molar-refractivity contribution in [2.75, 3.05) is 13.2 Å². The third kappa shape index (κ3) is 6.07. The molecule has 0 unspecified atom stereocenters. The van der Waals surface area contributed by atoms with Gasteiger partial charge in [0.05, 0.1) is 19.4 Å². The Morgan fingerprint density at radius 3 is 2.21 bits per heavy atom. The number of furan rings is 1. The van der Waals surface area contributed by atoms with Gasteiger partial charge in [-0.05, 0) is 36.4 Å². The molecule has 2 N–H and O–H groups in total. The zero-order valence-corrected chi connectivity index (χ0v) is 15.6. The lowest BCUT2D eigenvalue weighted by molar-refractivity contribution is -0.127. The molecule has 3 aromatic rings. The van der Waals surface area contributed by atoms with Gasteiger partial charge in [0.2, 0.25) is 5.91 Å². The summed E-state index contributed by atoms with van der Waals surface area (Å²) in [6, 6.07) is 19.0. The summed E-state index contributed by atoms with van der Waals surface area (Å²) in [6.07, 6.45) is 1.52. The van der Waals surface area contributed by atoms with Crippen molar-refractivity contribution in [1.29, 1.82) is 0 Å². The molecule has 3 rings (SSSR count). The summed E-state index contributed by atoms with van der Waals surface area (Å²) < 4.78 is 10.5. The van der Waals surface area contributed by atoms with Gasteiger partial charge in [-0.2, -0.15) is 0 Å². The van der Waals surface area contributed by atoms with Crippen LogP contribution in [0.25, 0.3) is 0 Å². The van der Waals surface area contributed by atoms with E-state index in [1.807, 2.05) is 6.07 Å². The van der Waals surface area contributed by atoms with Crippen LogP contribution in [0.15, 0.2) is 77.4 Å². The largest absolute Gasteiger partial charge is 0.484 e. The van der Waals surface area contributed by atoms with E-state index in [1.165, 1.54) is 6.26 Å². The summed E-state index contributed by atoms with van der Waals surface area (Å²) in [6.45, 7) is -0.142. The van der Waals surface area contributed by atoms with Crippen LogP contribution in [-0.2, 0) is 16.1 Å². The van der Waals surface area contributed by atoms with Gasteiger partial charge < -0.3 is 19.8 Å². The van der Waals surface area contributed by atoms with Crippen molar-refractivity contribution in [1.82, 2.24) is 10.6 Å². The monoisotopic (exact) mass is 392 g/mol. The molecule has 7 nitrogen and oxygen atoms in total. The summed E-state index contributed by atoms with van der Waals surface area (Å²) in [5.74, 6) is 0.228. The molecule has 0 aliphatic carbocycles. The van der Waals surface area contributed by atoms with Crippen molar-refractivity contribution in [3.8, 4) is 5.75 Å². The quantitative estimate of drug-likeness (QED) is 0.545. The first-order chi connectivity index (χ1) is 14.1. The maximum Gasteiger partial charge on any atom is 0.258 e. The summed E-state index contributed by atoms with van der Waals surface area (Å²) in [4.78, 5) is 35.9. The van der Waals surface area contributed by atoms with Gasteiger partial charge in [-0.15, -0.1) is 0 Å². The Kier molecular flexibility index (Phi) is 6.78. The molecular formula is C22H20N2O5. The molecule has 0 atom stereocenters. The number of carbonyl (C=O) groups excluding carboxylic acids is 3. The zero-order valence-electron chi connectivity index (χ0n) is 15.6. The summed E-state index contributed by atoms with van der Waals surface area (Å²) in [5.41, 5.74) is 1.13. The lowest BCUT2D eigenvalue weighted by Crippen LogP contribution is -2.38. The second-order valence-corrected chi connectivity index (χ2v) is 6.14. The molecule has 0 saturated carbocycles. The first kappa shape index (κ1) is 19.9. The molecule has 0 bridgehead atoms. The Hall–Kier alpha value is -3.87. The number of hydrogen-bond acceptors (Lipinski definition) is 5. The average molecular weight is 392 g/mol. The van der Waals surface area contributed by atoms with Gasteiger partial charge in [-0.1, -0.05) is 30.3 Å². The van der Waals surface area contributed by atoms with Crippen molar-refractivity contribution < 1.29 is 23.5 Å². The fourth-order valence-electron chi connectivity index (χ4n) is 2.50. The van der Waals surface area contributed by atoms with Crippen LogP contribution in [0.1, 0.15) is 21.7 Å². The van der Waals surface area contributed by atoms with Crippen LogP contribution in [0.5, 0.6) is 5.75 Å². The standard InChI is InChI=1S/C22H20N2O5/c25-20(23-13-19-7-4-12-28-19)14-24-21(26)15-29-18-10-8-17(9-11-18)22(27)16-5-2-1-3-6-16/h1-12H,13-15H2,(H,23,25)(H,24,26). The highest BCUT2D eigenvalue weighted by Crippen LogP contribution is 2.15. The van der Waals surface area contributed by atoms with Crippen LogP contribution in [0.4, 0.5) is 0 Å². The van der Waals surface area contributed by atoms with Gasteiger partial charge in [0.25, 0.3) is 5.91 Å². The molecule has 0 saturated heterocycles. The Morgan fingerprint density at radius 1 is 0.793 bits per heavy atom. The molecule has 0 aliphatic rings. The summed E-state index contributed by atoms with van der Waals surface area (Å²) in [5, 5.41) is 5.10. The SMILES string of the molecule is O=C(CNC(=O)COc1ccc(C(=O)c2ccccc2)cc1)NCc1ccco1. The molecule has 7 heteroatoms. The number of ether oxygens (including phenoxy) is 1. The summed E-state index contributed by atoms with van der Waals surface area (Å²) >= 11 is 0. The van der Waals surface area contributed by atoms with Crippen molar-refractivity contribution in [3.63, 3.8) is 0 Å². The van der Waals surface area contributed by atoms with Crippen LogP contribution < -0.4 is 15.4 Å². The molecule has 148 valence electrons. The van der Waals surface area contributed by atoms with Crippen LogP contribution in [-0.4, -0.2) is 30.7 Å². The second kappa shape index (κ2) is 9.89. The van der Waals surface area contributed by atoms with Crippen LogP contribution >= 0.6 is 0 Å². The van der Waals surface area contributed by atoms with Gasteiger partial charge in [0, 0.05) is 11.1 Å². The fourth-order valence-corrected chi connectivity index (χ4v) is 2.50. The topological polar surface area (TPSA) is 97.6 Å². The molecule has 29 heavy (non-hydrogen) atoms. The number of hydrogen-bond donors (Lipinski definition) is 2. The number of ketones is 1. The van der Waals surface area contributed by atoms with Gasteiger partial charge in [-0.25, -0.2) is 0 Å². The predicted molar refractivity (Wildman–Crippen MR) is 105 cm³/mol. The van der Waals surface area contributed by atoms with Gasteiger partial charge >= 0.3 is 0 Å². The number of nitrogens with one attached hydrogen (secondary N) is 2. The molecule has 2 amide bonds. The molecule has 1 heterocycles. The maximum atomic E-state index is 12.4. The Morgan fingerprint density at radius 2 is 1.52 bits per heavy atom. The number of amides is 2. The first-order valence-corrected chi connectivity index (χ1v) is 9.00. The van der Waals surface area contributed by atoms with Gasteiger partial charge in [0.15, 0.2) is 12.4 Å². The van der Waals surface area contributed by atoms with Crippen LogP contribution in [0, 0.1) is 0 Å². The van der Waals surface area contributed by atoms with E-state index in [4.69, 9.17) is 9.15 Å². The predicted octanol–water partition coefficient (Wildman–Crippen LogP) is 2.32. The van der Waals surface area contributed by atoms with E-state index < -0.39 is 5.91 Å². The molecule has 0 aliphatic heterocycles. The van der Waals surface area contributed by atoms with E-state index in [9.17, 15) is 14.4 Å². The Balaban J connectivity index is 1.39. The minimum atomic E-state index is -0.428. The Labute approximate surface area is 167 Å². The van der Waals surface area contributed by atoms with E-state index in [0.717, 1.165) is 0 Å². The minimum Gasteiger partial charge on any atom is -0.484 e. The van der Waals surface area contributed by atoms with Crippen molar-refractivity contribution >= 4 is 17.6 Å². The molecular weight excluding hydrogens is 372 g/mol. The van der Waals surface area contributed by atoms with Crippen molar-refractivity contribution in [2.24, 2.45) is 0 Å². The highest BCUT2D eigenvalue weighted by atomic mass is 16.5. The highest BCUT2D eigenvalue weighted by Gasteiger charge is 2.10. The van der Waals surface area contributed by atoms with Crippen molar-refractivity contribution in [2.45, 2.75) is 6.54 Å². The minimum absolute atomic E-state index is 0.0875. The van der Waals surface area contributed by atoms with E-state index in [1.54, 1.807) is 60.7 Å². The number of carbonyl (C=O) groups is 3. The first-order valence-electron chi connectivity index (χ1n) is 9.00. The smallest absolute Gasteiger partial charge is 0.258 e. The third-order valence-electron chi connectivity index (χ3n) is 4.01. The van der Waals surface area contributed by atoms with E-state index >= 15 is 0 Å². The second-order valence-electron chi connectivity index (χ2n) is 6.14. The van der Waals surface area contributed by atoms with E-state index in [0.29, 0.717) is 22.6 Å². The fraction of sp³-hybridized carbons (Fsp3) is 0.136. The molecule has 0 fully saturated rings. The van der Waals surface area contributed by atoms with Crippen LogP contribution in [0.2, 0.25) is 0 Å². The zero-order chi connectivity index (χ0) is 20.5. The van der Waals surface area contributed by atoms with Crippen molar-refractivity contribution in [3.05, 3.63) is 89.9 Å². The normalized spacial score (nSPS) is 10.2. The third-order valence-corrected chi connectivity index (χ3v) is 4.01. The van der Waals surface area contributed by atoms with Crippen LogP contribution in [0.3, 0.4) is 0 Å². The van der Waals surface area contributed by atoms with E-state index in [-0.39, 0.29) is 31.4 Å². The lowest BCUT2D eigenvalue weighted by atomic mass is 10.0. The maximum absolute atomic E-state index is 12.4. The van der Waals surface area contributed by atoms with E-state index in [2.05, 4.69) is 10.6 Å². The molecule has 0 radical (unpaired) electrons. The van der Waals surface area contributed by atoms with Gasteiger partial charge in [-0.3, -0.25) is 14.4 Å². The molecule has 0 spiro atoms. The lowest BCUT2D eigenvalue weighted by Gasteiger charge is -2.08. The Bertz CT molecular complexity index is 951. The molecule has 1 aromatic heterocycles. The van der Waals surface area contributed by atoms with Gasteiger partial charge in [0.1, 0.15) is 11.5 Å². The number of rotatable bonds is 9. The average Bonchev–Trinajstić information content (AvgIpc) is 3.29. The molecule has 2 aromatic carbocycles. The highest BCUT2D eigenvalue weighted by molar-refractivity contribution is 6.09. The number of benzene rings is 2. The summed E-state index contributed by atoms with van der Waals surface area (Å²) in [7, 11) is 0.